The summed E-state index contributed by atoms with van der Waals surface area (Å²) in [6.07, 6.45) is 5.05. The lowest BCUT2D eigenvalue weighted by atomic mass is 10.1. The first kappa shape index (κ1) is 24.4. The van der Waals surface area contributed by atoms with E-state index in [1.54, 1.807) is 17.9 Å². The highest BCUT2D eigenvalue weighted by Crippen LogP contribution is 2.27. The number of aromatic amines is 1. The number of nitrogens with zero attached hydrogens (tertiary/aromatic N) is 4. The number of hydrogen-bond acceptors (Lipinski definition) is 6. The summed E-state index contributed by atoms with van der Waals surface area (Å²) in [5.74, 6) is 1.21. The third kappa shape index (κ3) is 4.99. The molecular weight excluding hydrogens is 472 g/mol. The topological polar surface area (TPSA) is 101 Å². The van der Waals surface area contributed by atoms with Crippen LogP contribution in [0.25, 0.3) is 5.82 Å². The van der Waals surface area contributed by atoms with E-state index in [0.717, 1.165) is 22.6 Å². The van der Waals surface area contributed by atoms with Gasteiger partial charge in [0.15, 0.2) is 4.90 Å². The molecule has 1 aliphatic carbocycles. The van der Waals surface area contributed by atoms with E-state index in [2.05, 4.69) is 22.1 Å². The average Bonchev–Trinajstić information content (AvgIpc) is 3.28. The van der Waals surface area contributed by atoms with Crippen LogP contribution in [0, 0.1) is 5.92 Å². The maximum atomic E-state index is 13.7. The Morgan fingerprint density at radius 3 is 2.58 bits per heavy atom. The van der Waals surface area contributed by atoms with Gasteiger partial charge in [0.25, 0.3) is 5.56 Å². The number of aromatic nitrogens is 2. The number of rotatable bonds is 6. The van der Waals surface area contributed by atoms with Crippen molar-refractivity contribution in [3.63, 3.8) is 0 Å². The largest absolute Gasteiger partial charge is 0.612 e. The quantitative estimate of drug-likeness (QED) is 0.500. The van der Waals surface area contributed by atoms with Crippen molar-refractivity contribution in [3.8, 4) is 0 Å². The molecule has 0 amide bonds. The average molecular weight is 505 g/mol. The van der Waals surface area contributed by atoms with Gasteiger partial charge in [-0.15, -0.1) is 0 Å². The van der Waals surface area contributed by atoms with E-state index in [4.69, 9.17) is 9.98 Å². The minimum atomic E-state index is -1.03. The first-order valence-corrected chi connectivity index (χ1v) is 13.9. The van der Waals surface area contributed by atoms with Crippen LogP contribution in [0.15, 0.2) is 74.3 Å². The van der Waals surface area contributed by atoms with Gasteiger partial charge >= 0.3 is 0 Å². The lowest BCUT2D eigenvalue weighted by Gasteiger charge is -2.29. The molecule has 5 rings (SSSR count). The maximum absolute atomic E-state index is 13.7. The molecule has 1 fully saturated rings. The monoisotopic (exact) mass is 504 g/mol. The van der Waals surface area contributed by atoms with Crippen LogP contribution in [-0.2, 0) is 24.8 Å². The van der Waals surface area contributed by atoms with E-state index < -0.39 is 11.2 Å². The van der Waals surface area contributed by atoms with Gasteiger partial charge in [-0.2, -0.15) is 0 Å². The van der Waals surface area contributed by atoms with Gasteiger partial charge in [0.1, 0.15) is 29.5 Å². The maximum Gasteiger partial charge on any atom is 0.267 e. The second-order valence-electron chi connectivity index (χ2n) is 9.58. The van der Waals surface area contributed by atoms with Crippen LogP contribution in [0.1, 0.15) is 31.7 Å². The summed E-state index contributed by atoms with van der Waals surface area (Å²) in [7, 11) is 1.76. The van der Waals surface area contributed by atoms with E-state index in [-0.39, 0.29) is 11.6 Å². The van der Waals surface area contributed by atoms with Gasteiger partial charge < -0.3 is 19.8 Å². The van der Waals surface area contributed by atoms with Crippen LogP contribution in [0.3, 0.4) is 0 Å². The second-order valence-corrected chi connectivity index (χ2v) is 11.0. The van der Waals surface area contributed by atoms with Gasteiger partial charge in [-0.25, -0.2) is 9.98 Å². The molecule has 1 aromatic heterocycles. The first-order valence-electron chi connectivity index (χ1n) is 12.3. The van der Waals surface area contributed by atoms with Crippen LogP contribution in [0.4, 0.5) is 5.69 Å². The Balaban J connectivity index is 1.61. The fourth-order valence-electron chi connectivity index (χ4n) is 4.86. The van der Waals surface area contributed by atoms with Crippen molar-refractivity contribution in [3.05, 3.63) is 86.8 Å². The zero-order chi connectivity index (χ0) is 25.2. The normalized spacial score (nSPS) is 20.7. The number of nitrogens with one attached hydrogen (secondary N) is 2. The molecule has 2 aliphatic rings. The molecule has 1 aliphatic heterocycles. The van der Waals surface area contributed by atoms with Crippen LogP contribution in [-0.4, -0.2) is 38.0 Å². The van der Waals surface area contributed by atoms with E-state index in [1.165, 1.54) is 12.8 Å². The number of fused-ring (bicyclic) bond motifs is 1. The minimum Gasteiger partial charge on any atom is -0.612 e. The summed E-state index contributed by atoms with van der Waals surface area (Å²) in [5.41, 5.74) is 2.90. The highest BCUT2D eigenvalue weighted by molar-refractivity contribution is 7.90. The Kier molecular flexibility index (Phi) is 7.02. The van der Waals surface area contributed by atoms with E-state index in [0.29, 0.717) is 41.3 Å². The number of H-pyrrole nitrogens is 1. The molecule has 2 unspecified atom stereocenters. The fraction of sp³-hybridized carbons (Fsp3) is 0.370. The van der Waals surface area contributed by atoms with Gasteiger partial charge in [0.05, 0.1) is 6.04 Å². The molecule has 2 heterocycles. The van der Waals surface area contributed by atoms with Gasteiger partial charge in [0.2, 0.25) is 5.62 Å². The second kappa shape index (κ2) is 10.4. The predicted molar refractivity (Wildman–Crippen MR) is 142 cm³/mol. The fourth-order valence-corrected chi connectivity index (χ4v) is 5.38. The van der Waals surface area contributed by atoms with Gasteiger partial charge in [0, 0.05) is 19.3 Å². The molecule has 0 bridgehead atoms. The Hall–Kier alpha value is -3.30. The Labute approximate surface area is 213 Å². The van der Waals surface area contributed by atoms with Crippen molar-refractivity contribution in [1.82, 2.24) is 14.5 Å². The van der Waals surface area contributed by atoms with Crippen LogP contribution in [0.2, 0.25) is 0 Å². The summed E-state index contributed by atoms with van der Waals surface area (Å²) >= 11 is -1.03. The Bertz CT molecular complexity index is 1480. The van der Waals surface area contributed by atoms with E-state index in [1.807, 2.05) is 54.6 Å². The smallest absolute Gasteiger partial charge is 0.267 e. The first-order chi connectivity index (χ1) is 17.4. The van der Waals surface area contributed by atoms with Crippen molar-refractivity contribution in [2.75, 3.05) is 18.2 Å². The molecule has 3 aromatic rings. The number of benzene rings is 2. The highest BCUT2D eigenvalue weighted by atomic mass is 32.2. The Morgan fingerprint density at radius 1 is 1.17 bits per heavy atom. The molecule has 0 radical (unpaired) electrons. The Morgan fingerprint density at radius 2 is 1.92 bits per heavy atom. The molecular formula is C27H32N6O2S. The zero-order valence-corrected chi connectivity index (χ0v) is 21.7. The SMILES string of the molecule is CC1CCC[C@H]1/N=c1\[nH]c2c(c(=O)n1C)=C(Nc1ccccc1)N(Cc1ccc([S+](C)[O-])cc1)CN=2. The lowest BCUT2D eigenvalue weighted by molar-refractivity contribution is 0.383. The van der Waals surface area contributed by atoms with E-state index >= 15 is 0 Å². The van der Waals surface area contributed by atoms with Crippen molar-refractivity contribution < 1.29 is 4.55 Å². The van der Waals surface area contributed by atoms with Crippen LogP contribution in [0.5, 0.6) is 0 Å². The standard InChI is InChI=1S/C27H32N6O2S/c1-18-8-7-11-22(18)30-27-31-24-23(26(34)32(27)2)25(29-20-9-5-4-6-10-20)33(17-28-24)16-19-12-14-21(15-13-19)36(3)35/h4-6,9-10,12-15,18,22,29H,7-8,11,16-17H2,1-3H3,(H,28,30,31)/t18?,22-,36?/m1/s1. The molecule has 2 aromatic carbocycles. The summed E-state index contributed by atoms with van der Waals surface area (Å²) in [4.78, 5) is 29.6. The highest BCUT2D eigenvalue weighted by Gasteiger charge is 2.23. The third-order valence-corrected chi connectivity index (χ3v) is 7.96. The summed E-state index contributed by atoms with van der Waals surface area (Å²) < 4.78 is 13.4. The van der Waals surface area contributed by atoms with E-state index in [9.17, 15) is 9.35 Å². The zero-order valence-electron chi connectivity index (χ0n) is 20.9. The molecule has 188 valence electrons. The number of anilines is 1. The molecule has 3 atom stereocenters. The van der Waals surface area contributed by atoms with Gasteiger partial charge in [-0.05, 0) is 59.8 Å². The molecule has 0 saturated heterocycles. The van der Waals surface area contributed by atoms with Crippen LogP contribution >= 0.6 is 0 Å². The molecule has 2 N–H and O–H groups in total. The molecule has 8 nitrogen and oxygen atoms in total. The summed E-state index contributed by atoms with van der Waals surface area (Å²) in [6.45, 7) is 3.15. The lowest BCUT2D eigenvalue weighted by Crippen LogP contribution is -2.58. The number of hydrogen-bond donors (Lipinski definition) is 2. The molecule has 9 heteroatoms. The minimum absolute atomic E-state index is 0.142. The molecule has 0 spiro atoms. The summed E-state index contributed by atoms with van der Waals surface area (Å²) in [5, 5.41) is 3.97. The van der Waals surface area contributed by atoms with Crippen molar-refractivity contribution in [1.29, 1.82) is 0 Å². The van der Waals surface area contributed by atoms with Gasteiger partial charge in [-0.1, -0.05) is 43.7 Å². The third-order valence-electron chi connectivity index (χ3n) is 7.03. The van der Waals surface area contributed by atoms with Crippen molar-refractivity contribution >= 4 is 22.7 Å². The summed E-state index contributed by atoms with van der Waals surface area (Å²) in [6, 6.07) is 17.8. The van der Waals surface area contributed by atoms with Gasteiger partial charge in [-0.3, -0.25) is 9.36 Å². The molecule has 36 heavy (non-hydrogen) atoms. The van der Waals surface area contributed by atoms with Crippen molar-refractivity contribution in [2.45, 2.75) is 43.7 Å². The van der Waals surface area contributed by atoms with Crippen LogP contribution < -0.4 is 27.2 Å². The van der Waals surface area contributed by atoms with Crippen molar-refractivity contribution in [2.24, 2.45) is 23.0 Å². The molecule has 1 saturated carbocycles. The number of para-hydroxylation sites is 1. The predicted octanol–water partition coefficient (Wildman–Crippen LogP) is 1.81.